The van der Waals surface area contributed by atoms with Gasteiger partial charge in [-0.15, -0.1) is 0 Å². The monoisotopic (exact) mass is 391 g/mol. The van der Waals surface area contributed by atoms with Crippen molar-refractivity contribution in [3.8, 4) is 0 Å². The number of aliphatic hydroxyl groups excluding tert-OH is 1. The molecule has 150 valence electrons. The number of benzene rings is 2. The zero-order valence-electron chi connectivity index (χ0n) is 16.5. The first kappa shape index (κ1) is 20.5. The molecule has 29 heavy (non-hydrogen) atoms. The van der Waals surface area contributed by atoms with E-state index >= 15 is 0 Å². The summed E-state index contributed by atoms with van der Waals surface area (Å²) in [7, 11) is 0. The molecule has 2 aromatic rings. The highest BCUT2D eigenvalue weighted by Crippen LogP contribution is 2.32. The van der Waals surface area contributed by atoms with Crippen molar-refractivity contribution in [2.45, 2.75) is 38.1 Å². The van der Waals surface area contributed by atoms with E-state index in [4.69, 9.17) is 4.74 Å². The van der Waals surface area contributed by atoms with E-state index in [-0.39, 0.29) is 29.6 Å². The molecule has 2 aromatic carbocycles. The molecule has 0 heterocycles. The molecule has 0 aromatic heterocycles. The molecule has 1 aliphatic carbocycles. The Hall–Kier alpha value is -3.21. The number of hydrogen-bond donors (Lipinski definition) is 1. The van der Waals surface area contributed by atoms with Crippen LogP contribution in [0.3, 0.4) is 0 Å². The molecule has 0 saturated heterocycles. The lowest BCUT2D eigenvalue weighted by molar-refractivity contribution is -0.144. The van der Waals surface area contributed by atoms with E-state index in [1.807, 2.05) is 60.7 Å². The first-order chi connectivity index (χ1) is 14.1. The first-order valence-electron chi connectivity index (χ1n) is 9.82. The Morgan fingerprint density at radius 2 is 1.79 bits per heavy atom. The molecule has 0 amide bonds. The van der Waals surface area contributed by atoms with E-state index in [0.717, 1.165) is 11.1 Å². The summed E-state index contributed by atoms with van der Waals surface area (Å²) in [5.74, 6) is -0.654. The standard InChI is InChI=1S/C24H25NO4/c1-2-29-24(28)21(13-17-9-5-3-6-10-17)25-16-20-22(26)14-19(15-23(20)27)18-11-7-4-8-12-18/h3-12,16,19,21,26H,2,13-15H2,1H3. The van der Waals surface area contributed by atoms with E-state index < -0.39 is 12.0 Å². The second-order valence-electron chi connectivity index (χ2n) is 7.04. The van der Waals surface area contributed by atoms with Crippen LogP contribution in [0.4, 0.5) is 0 Å². The highest BCUT2D eigenvalue weighted by molar-refractivity contribution is 6.14. The quantitative estimate of drug-likeness (QED) is 0.567. The Bertz CT molecular complexity index is 903. The molecular formula is C24H25NO4. The average Bonchev–Trinajstić information content (AvgIpc) is 2.73. The molecule has 1 N–H and O–H groups in total. The van der Waals surface area contributed by atoms with Crippen molar-refractivity contribution in [1.82, 2.24) is 0 Å². The summed E-state index contributed by atoms with van der Waals surface area (Å²) >= 11 is 0. The summed E-state index contributed by atoms with van der Waals surface area (Å²) in [6, 6.07) is 18.4. The van der Waals surface area contributed by atoms with Gasteiger partial charge in [0.15, 0.2) is 11.8 Å². The largest absolute Gasteiger partial charge is 0.511 e. The number of aliphatic imine (C=N–C) groups is 1. The number of nitrogens with zero attached hydrogens (tertiary/aromatic N) is 1. The predicted octanol–water partition coefficient (Wildman–Crippen LogP) is 4.19. The molecule has 0 spiro atoms. The number of carbonyl (C=O) groups is 2. The van der Waals surface area contributed by atoms with Crippen LogP contribution in [0.25, 0.3) is 0 Å². The van der Waals surface area contributed by atoms with Crippen LogP contribution in [0.1, 0.15) is 36.8 Å². The molecule has 2 atom stereocenters. The molecule has 1 aliphatic rings. The number of allylic oxidation sites excluding steroid dienone is 2. The number of carbonyl (C=O) groups excluding carboxylic acids is 2. The van der Waals surface area contributed by atoms with Gasteiger partial charge >= 0.3 is 5.97 Å². The molecule has 3 rings (SSSR count). The van der Waals surface area contributed by atoms with Gasteiger partial charge in [-0.3, -0.25) is 9.79 Å². The minimum atomic E-state index is -0.766. The van der Waals surface area contributed by atoms with Gasteiger partial charge in [0.2, 0.25) is 0 Å². The van der Waals surface area contributed by atoms with Gasteiger partial charge in [0.25, 0.3) is 0 Å². The Balaban J connectivity index is 1.78. The van der Waals surface area contributed by atoms with Crippen LogP contribution in [-0.2, 0) is 20.7 Å². The summed E-state index contributed by atoms with van der Waals surface area (Å²) < 4.78 is 5.13. The fraction of sp³-hybridized carbons (Fsp3) is 0.292. The number of ether oxygens (including phenoxy) is 1. The van der Waals surface area contributed by atoms with Gasteiger partial charge in [0.05, 0.1) is 12.2 Å². The lowest BCUT2D eigenvalue weighted by Gasteiger charge is -2.22. The summed E-state index contributed by atoms with van der Waals surface area (Å²) in [5.41, 5.74) is 2.15. The molecule has 2 unspecified atom stereocenters. The van der Waals surface area contributed by atoms with Crippen LogP contribution in [0.5, 0.6) is 0 Å². The number of rotatable bonds is 7. The Labute approximate surface area is 170 Å². The molecule has 0 bridgehead atoms. The first-order valence-corrected chi connectivity index (χ1v) is 9.82. The number of aliphatic hydroxyl groups is 1. The second-order valence-corrected chi connectivity index (χ2v) is 7.04. The van der Waals surface area contributed by atoms with Crippen LogP contribution >= 0.6 is 0 Å². The highest BCUT2D eigenvalue weighted by atomic mass is 16.5. The average molecular weight is 391 g/mol. The molecular weight excluding hydrogens is 366 g/mol. The maximum atomic E-state index is 12.6. The van der Waals surface area contributed by atoms with Gasteiger partial charge in [0.1, 0.15) is 5.76 Å². The minimum absolute atomic E-state index is 0.0150. The molecule has 0 saturated carbocycles. The number of hydrogen-bond acceptors (Lipinski definition) is 5. The van der Waals surface area contributed by atoms with E-state index in [0.29, 0.717) is 19.3 Å². The molecule has 0 radical (unpaired) electrons. The van der Waals surface area contributed by atoms with Crippen molar-refractivity contribution in [2.24, 2.45) is 4.99 Å². The SMILES string of the molecule is CCOC(=O)C(Cc1ccccc1)N=CC1=C(O)CC(c2ccccc2)CC1=O. The van der Waals surface area contributed by atoms with Crippen LogP contribution in [-0.4, -0.2) is 35.7 Å². The molecule has 0 aliphatic heterocycles. The predicted molar refractivity (Wildman–Crippen MR) is 112 cm³/mol. The Kier molecular flexibility index (Phi) is 6.95. The normalized spacial score (nSPS) is 18.1. The van der Waals surface area contributed by atoms with Gasteiger partial charge in [0, 0.05) is 25.5 Å². The molecule has 0 fully saturated rings. The minimum Gasteiger partial charge on any atom is -0.511 e. The highest BCUT2D eigenvalue weighted by Gasteiger charge is 2.28. The van der Waals surface area contributed by atoms with Crippen molar-refractivity contribution >= 4 is 18.0 Å². The van der Waals surface area contributed by atoms with Crippen molar-refractivity contribution in [1.29, 1.82) is 0 Å². The third kappa shape index (κ3) is 5.41. The third-order valence-electron chi connectivity index (χ3n) is 4.97. The van der Waals surface area contributed by atoms with E-state index in [1.165, 1.54) is 6.21 Å². The maximum absolute atomic E-state index is 12.6. The van der Waals surface area contributed by atoms with Crippen LogP contribution in [0, 0.1) is 0 Å². The van der Waals surface area contributed by atoms with Gasteiger partial charge in [-0.25, -0.2) is 4.79 Å². The number of esters is 1. The zero-order chi connectivity index (χ0) is 20.6. The van der Waals surface area contributed by atoms with Crippen molar-refractivity contribution in [3.05, 3.63) is 83.1 Å². The zero-order valence-corrected chi connectivity index (χ0v) is 16.5. The fourth-order valence-corrected chi connectivity index (χ4v) is 3.45. The summed E-state index contributed by atoms with van der Waals surface area (Å²) in [5, 5.41) is 10.5. The summed E-state index contributed by atoms with van der Waals surface area (Å²) in [4.78, 5) is 29.3. The van der Waals surface area contributed by atoms with Gasteiger partial charge in [-0.1, -0.05) is 60.7 Å². The topological polar surface area (TPSA) is 76.0 Å². The van der Waals surface area contributed by atoms with Gasteiger partial charge < -0.3 is 9.84 Å². The molecule has 5 heteroatoms. The third-order valence-corrected chi connectivity index (χ3v) is 4.97. The van der Waals surface area contributed by atoms with E-state index in [9.17, 15) is 14.7 Å². The van der Waals surface area contributed by atoms with Crippen LogP contribution < -0.4 is 0 Å². The molecule has 5 nitrogen and oxygen atoms in total. The van der Waals surface area contributed by atoms with Crippen molar-refractivity contribution in [3.63, 3.8) is 0 Å². The number of ketones is 1. The van der Waals surface area contributed by atoms with E-state index in [2.05, 4.69) is 4.99 Å². The van der Waals surface area contributed by atoms with Crippen LogP contribution in [0.15, 0.2) is 77.0 Å². The maximum Gasteiger partial charge on any atom is 0.331 e. The lowest BCUT2D eigenvalue weighted by Crippen LogP contribution is -2.25. The van der Waals surface area contributed by atoms with Crippen molar-refractivity contribution in [2.75, 3.05) is 6.61 Å². The number of Topliss-reactive ketones (excluding diaryl/α,β-unsaturated/α-hetero) is 1. The smallest absolute Gasteiger partial charge is 0.331 e. The second kappa shape index (κ2) is 9.82. The summed E-state index contributed by atoms with van der Waals surface area (Å²) in [6.45, 7) is 2.00. The fourth-order valence-electron chi connectivity index (χ4n) is 3.45. The Morgan fingerprint density at radius 3 is 2.41 bits per heavy atom. The Morgan fingerprint density at radius 1 is 1.14 bits per heavy atom. The van der Waals surface area contributed by atoms with Crippen LogP contribution in [0.2, 0.25) is 0 Å². The summed E-state index contributed by atoms with van der Waals surface area (Å²) in [6.07, 6.45) is 2.38. The van der Waals surface area contributed by atoms with Gasteiger partial charge in [-0.05, 0) is 24.0 Å². The van der Waals surface area contributed by atoms with Gasteiger partial charge in [-0.2, -0.15) is 0 Å². The van der Waals surface area contributed by atoms with E-state index in [1.54, 1.807) is 6.92 Å². The lowest BCUT2D eigenvalue weighted by atomic mass is 9.83. The van der Waals surface area contributed by atoms with Crippen molar-refractivity contribution < 1.29 is 19.4 Å².